The number of carbonyl (C=O) groups is 1. The molecule has 0 heterocycles. The quantitative estimate of drug-likeness (QED) is 0.734. The fourth-order valence-corrected chi connectivity index (χ4v) is 1.59. The lowest BCUT2D eigenvalue weighted by molar-refractivity contribution is -0.120. The van der Waals surface area contributed by atoms with Gasteiger partial charge in [-0.15, -0.1) is 0 Å². The zero-order valence-corrected chi connectivity index (χ0v) is 11.3. The van der Waals surface area contributed by atoms with Crippen LogP contribution < -0.4 is 5.32 Å². The number of amides is 1. The molecule has 3 heteroatoms. The highest BCUT2D eigenvalue weighted by Crippen LogP contribution is 2.26. The van der Waals surface area contributed by atoms with Crippen LogP contribution in [0.1, 0.15) is 53.4 Å². The van der Waals surface area contributed by atoms with E-state index in [2.05, 4.69) is 33.0 Å². The van der Waals surface area contributed by atoms with Gasteiger partial charge in [0.1, 0.15) is 0 Å². The lowest BCUT2D eigenvalue weighted by atomic mass is 9.83. The molecule has 96 valence electrons. The van der Waals surface area contributed by atoms with E-state index in [0.717, 1.165) is 19.3 Å². The van der Waals surface area contributed by atoms with Crippen LogP contribution in [0.4, 0.5) is 0 Å². The standard InChI is InChI=1S/C13H27NO2/c1-10(7-6-8-12(16)14-5)9-11(15)13(2,3)4/h10-11,15H,6-9H2,1-5H3,(H,14,16)/t10-,11-/m0/s1. The van der Waals surface area contributed by atoms with Crippen molar-refractivity contribution in [3.05, 3.63) is 0 Å². The first-order chi connectivity index (χ1) is 7.27. The van der Waals surface area contributed by atoms with Gasteiger partial charge >= 0.3 is 0 Å². The first-order valence-corrected chi connectivity index (χ1v) is 6.16. The third kappa shape index (κ3) is 6.83. The van der Waals surface area contributed by atoms with E-state index in [0.29, 0.717) is 12.3 Å². The molecule has 0 aromatic heterocycles. The highest BCUT2D eigenvalue weighted by atomic mass is 16.3. The molecule has 0 aromatic rings. The lowest BCUT2D eigenvalue weighted by Gasteiger charge is -2.28. The van der Waals surface area contributed by atoms with Gasteiger partial charge < -0.3 is 10.4 Å². The van der Waals surface area contributed by atoms with E-state index >= 15 is 0 Å². The highest BCUT2D eigenvalue weighted by Gasteiger charge is 2.23. The smallest absolute Gasteiger partial charge is 0.219 e. The minimum Gasteiger partial charge on any atom is -0.393 e. The summed E-state index contributed by atoms with van der Waals surface area (Å²) in [6.45, 7) is 8.29. The predicted octanol–water partition coefficient (Wildman–Crippen LogP) is 2.34. The van der Waals surface area contributed by atoms with Gasteiger partial charge in [-0.25, -0.2) is 0 Å². The average Bonchev–Trinajstić information content (AvgIpc) is 2.15. The van der Waals surface area contributed by atoms with Gasteiger partial charge in [0.25, 0.3) is 0 Å². The number of hydrogen-bond acceptors (Lipinski definition) is 2. The van der Waals surface area contributed by atoms with Gasteiger partial charge in [0.15, 0.2) is 0 Å². The Kier molecular flexibility index (Phi) is 6.65. The molecule has 0 saturated heterocycles. The first-order valence-electron chi connectivity index (χ1n) is 6.16. The van der Waals surface area contributed by atoms with E-state index < -0.39 is 0 Å². The zero-order chi connectivity index (χ0) is 12.8. The molecule has 0 bridgehead atoms. The van der Waals surface area contributed by atoms with Crippen LogP contribution in [0.2, 0.25) is 0 Å². The minimum absolute atomic E-state index is 0.0466. The summed E-state index contributed by atoms with van der Waals surface area (Å²) < 4.78 is 0. The summed E-state index contributed by atoms with van der Waals surface area (Å²) in [7, 11) is 1.66. The molecular formula is C13H27NO2. The molecule has 0 radical (unpaired) electrons. The zero-order valence-electron chi connectivity index (χ0n) is 11.3. The van der Waals surface area contributed by atoms with Gasteiger partial charge in [-0.2, -0.15) is 0 Å². The second-order valence-corrected chi connectivity index (χ2v) is 5.79. The van der Waals surface area contributed by atoms with E-state index in [1.54, 1.807) is 7.05 Å². The molecule has 0 fully saturated rings. The van der Waals surface area contributed by atoms with E-state index in [1.165, 1.54) is 0 Å². The van der Waals surface area contributed by atoms with Crippen LogP contribution in [0.3, 0.4) is 0 Å². The molecular weight excluding hydrogens is 202 g/mol. The third-order valence-electron chi connectivity index (χ3n) is 3.00. The Bertz CT molecular complexity index is 208. The van der Waals surface area contributed by atoms with Crippen molar-refractivity contribution >= 4 is 5.91 Å². The van der Waals surface area contributed by atoms with Crippen LogP contribution >= 0.6 is 0 Å². The summed E-state index contributed by atoms with van der Waals surface area (Å²) in [4.78, 5) is 11.0. The van der Waals surface area contributed by atoms with Crippen molar-refractivity contribution in [3.8, 4) is 0 Å². The van der Waals surface area contributed by atoms with Crippen LogP contribution in [0.15, 0.2) is 0 Å². The molecule has 0 aliphatic carbocycles. The molecule has 3 nitrogen and oxygen atoms in total. The van der Waals surface area contributed by atoms with E-state index in [4.69, 9.17) is 0 Å². The van der Waals surface area contributed by atoms with Crippen molar-refractivity contribution in [2.75, 3.05) is 7.05 Å². The highest BCUT2D eigenvalue weighted by molar-refractivity contribution is 5.75. The second-order valence-electron chi connectivity index (χ2n) is 5.79. The summed E-state index contributed by atoms with van der Waals surface area (Å²) in [5.74, 6) is 0.572. The largest absolute Gasteiger partial charge is 0.393 e. The van der Waals surface area contributed by atoms with E-state index in [9.17, 15) is 9.90 Å². The fraction of sp³-hybridized carbons (Fsp3) is 0.923. The molecule has 1 amide bonds. The van der Waals surface area contributed by atoms with E-state index in [-0.39, 0.29) is 17.4 Å². The van der Waals surface area contributed by atoms with Gasteiger partial charge in [-0.3, -0.25) is 4.79 Å². The van der Waals surface area contributed by atoms with Crippen molar-refractivity contribution in [2.24, 2.45) is 11.3 Å². The summed E-state index contributed by atoms with van der Waals surface area (Å²) >= 11 is 0. The molecule has 0 aliphatic rings. The maximum absolute atomic E-state index is 11.0. The summed E-state index contributed by atoms with van der Waals surface area (Å²) in [6, 6.07) is 0. The Balaban J connectivity index is 3.74. The first kappa shape index (κ1) is 15.4. The van der Waals surface area contributed by atoms with Crippen molar-refractivity contribution in [2.45, 2.75) is 59.5 Å². The van der Waals surface area contributed by atoms with Crippen LogP contribution in [-0.4, -0.2) is 24.2 Å². The molecule has 0 aliphatic heterocycles. The Morgan fingerprint density at radius 1 is 1.38 bits per heavy atom. The molecule has 16 heavy (non-hydrogen) atoms. The maximum Gasteiger partial charge on any atom is 0.219 e. The maximum atomic E-state index is 11.0. The number of hydrogen-bond donors (Lipinski definition) is 2. The lowest BCUT2D eigenvalue weighted by Crippen LogP contribution is -2.28. The van der Waals surface area contributed by atoms with Gasteiger partial charge in [-0.05, 0) is 24.2 Å². The summed E-state index contributed by atoms with van der Waals surface area (Å²) in [5, 5.41) is 12.5. The number of aliphatic hydroxyl groups is 1. The van der Waals surface area contributed by atoms with Crippen molar-refractivity contribution in [3.63, 3.8) is 0 Å². The van der Waals surface area contributed by atoms with Gasteiger partial charge in [-0.1, -0.05) is 34.1 Å². The average molecular weight is 229 g/mol. The molecule has 0 saturated carbocycles. The monoisotopic (exact) mass is 229 g/mol. The Labute approximate surface area is 99.6 Å². The van der Waals surface area contributed by atoms with Crippen LogP contribution in [-0.2, 0) is 4.79 Å². The second kappa shape index (κ2) is 6.89. The Morgan fingerprint density at radius 2 is 1.94 bits per heavy atom. The SMILES string of the molecule is CNC(=O)CCC[C@H](C)C[C@H](O)C(C)(C)C. The summed E-state index contributed by atoms with van der Waals surface area (Å²) in [6.07, 6.45) is 3.05. The van der Waals surface area contributed by atoms with Gasteiger partial charge in [0.05, 0.1) is 6.10 Å². The van der Waals surface area contributed by atoms with Crippen molar-refractivity contribution in [1.29, 1.82) is 0 Å². The van der Waals surface area contributed by atoms with Gasteiger partial charge in [0.2, 0.25) is 5.91 Å². The molecule has 0 rings (SSSR count). The number of aliphatic hydroxyl groups excluding tert-OH is 1. The number of carbonyl (C=O) groups excluding carboxylic acids is 1. The molecule has 0 aromatic carbocycles. The Hall–Kier alpha value is -0.570. The molecule has 2 N–H and O–H groups in total. The predicted molar refractivity (Wildman–Crippen MR) is 67.2 cm³/mol. The minimum atomic E-state index is -0.262. The van der Waals surface area contributed by atoms with Crippen LogP contribution in [0.25, 0.3) is 0 Å². The number of rotatable bonds is 6. The van der Waals surface area contributed by atoms with E-state index in [1.807, 2.05) is 0 Å². The van der Waals surface area contributed by atoms with Crippen LogP contribution in [0, 0.1) is 11.3 Å². The van der Waals surface area contributed by atoms with Crippen molar-refractivity contribution in [1.82, 2.24) is 5.32 Å². The topological polar surface area (TPSA) is 49.3 Å². The van der Waals surface area contributed by atoms with Gasteiger partial charge in [0, 0.05) is 13.5 Å². The number of nitrogens with one attached hydrogen (secondary N) is 1. The van der Waals surface area contributed by atoms with Crippen molar-refractivity contribution < 1.29 is 9.90 Å². The third-order valence-corrected chi connectivity index (χ3v) is 3.00. The molecule has 0 unspecified atom stereocenters. The molecule has 0 spiro atoms. The van der Waals surface area contributed by atoms with Crippen LogP contribution in [0.5, 0.6) is 0 Å². The summed E-state index contributed by atoms with van der Waals surface area (Å²) in [5.41, 5.74) is -0.0466. The normalized spacial score (nSPS) is 15.6. The fourth-order valence-electron chi connectivity index (χ4n) is 1.59. The Morgan fingerprint density at radius 3 is 2.38 bits per heavy atom. The molecule has 2 atom stereocenters.